The average Bonchev–Trinajstić information content (AvgIpc) is 2.80. The van der Waals surface area contributed by atoms with Gasteiger partial charge in [-0.1, -0.05) is 18.2 Å². The Kier molecular flexibility index (Phi) is 3.47. The van der Waals surface area contributed by atoms with Gasteiger partial charge in [-0.15, -0.1) is 5.16 Å². The van der Waals surface area contributed by atoms with E-state index in [4.69, 9.17) is 9.94 Å². The maximum atomic E-state index is 13.4. The van der Waals surface area contributed by atoms with Crippen molar-refractivity contribution in [1.82, 2.24) is 0 Å². The minimum Gasteiger partial charge on any atom is -0.411 e. The first-order valence-corrected chi connectivity index (χ1v) is 5.70. The van der Waals surface area contributed by atoms with Crippen LogP contribution < -0.4 is 0 Å². The highest BCUT2D eigenvalue weighted by molar-refractivity contribution is 5.66. The van der Waals surface area contributed by atoms with Gasteiger partial charge in [0.2, 0.25) is 0 Å². The molecule has 6 heteroatoms. The standard InChI is InChI=1S/C12H14F3NO2/c13-12(14,15)11(5-6-18-8-11)10-4-2-1-3-9(10)7-16-17/h1-2,4,7,9,17H,3,5-6,8H2. The van der Waals surface area contributed by atoms with E-state index in [-0.39, 0.29) is 25.2 Å². The van der Waals surface area contributed by atoms with Crippen LogP contribution in [-0.2, 0) is 4.74 Å². The van der Waals surface area contributed by atoms with Crippen LogP contribution in [0.2, 0.25) is 0 Å². The molecule has 1 fully saturated rings. The van der Waals surface area contributed by atoms with Gasteiger partial charge in [-0.2, -0.15) is 13.2 Å². The molecule has 2 atom stereocenters. The molecule has 1 aliphatic carbocycles. The SMILES string of the molecule is ON=CC1CC=CC=C1C1(C(F)(F)F)CCOC1. The van der Waals surface area contributed by atoms with Crippen molar-refractivity contribution in [3.63, 3.8) is 0 Å². The first-order chi connectivity index (χ1) is 8.51. The molecule has 0 aromatic rings. The normalized spacial score (nSPS) is 33.1. The molecule has 0 radical (unpaired) electrons. The van der Waals surface area contributed by atoms with E-state index in [1.807, 2.05) is 0 Å². The van der Waals surface area contributed by atoms with Gasteiger partial charge in [0.15, 0.2) is 0 Å². The van der Waals surface area contributed by atoms with Gasteiger partial charge in [0.1, 0.15) is 5.41 Å². The lowest BCUT2D eigenvalue weighted by molar-refractivity contribution is -0.210. The number of allylic oxidation sites excluding steroid dienone is 3. The van der Waals surface area contributed by atoms with E-state index in [0.717, 1.165) is 6.21 Å². The molecule has 1 N–H and O–H groups in total. The van der Waals surface area contributed by atoms with Gasteiger partial charge in [0, 0.05) is 12.5 Å². The lowest BCUT2D eigenvalue weighted by Crippen LogP contribution is -2.43. The zero-order valence-corrected chi connectivity index (χ0v) is 9.65. The predicted molar refractivity (Wildman–Crippen MR) is 59.5 cm³/mol. The first kappa shape index (κ1) is 13.1. The van der Waals surface area contributed by atoms with Crippen molar-refractivity contribution in [2.45, 2.75) is 19.0 Å². The Morgan fingerprint density at radius 1 is 1.50 bits per heavy atom. The highest BCUT2D eigenvalue weighted by atomic mass is 19.4. The van der Waals surface area contributed by atoms with Gasteiger partial charge in [-0.3, -0.25) is 0 Å². The summed E-state index contributed by atoms with van der Waals surface area (Å²) in [5.41, 5.74) is -1.71. The predicted octanol–water partition coefficient (Wildman–Crippen LogP) is 2.92. The first-order valence-electron chi connectivity index (χ1n) is 5.70. The third kappa shape index (κ3) is 2.05. The molecule has 2 aliphatic rings. The number of halogens is 3. The highest BCUT2D eigenvalue weighted by Gasteiger charge is 2.60. The zero-order chi connectivity index (χ0) is 13.2. The molecule has 0 amide bonds. The quantitative estimate of drug-likeness (QED) is 0.472. The molecule has 2 unspecified atom stereocenters. The second kappa shape index (κ2) is 4.76. The molecule has 3 nitrogen and oxygen atoms in total. The van der Waals surface area contributed by atoms with E-state index in [1.165, 1.54) is 6.08 Å². The number of hydrogen-bond acceptors (Lipinski definition) is 3. The molecule has 0 aromatic carbocycles. The van der Waals surface area contributed by atoms with Gasteiger partial charge in [-0.05, 0) is 18.4 Å². The van der Waals surface area contributed by atoms with Crippen LogP contribution in [0.15, 0.2) is 29.0 Å². The molecule has 0 spiro atoms. The van der Waals surface area contributed by atoms with Gasteiger partial charge < -0.3 is 9.94 Å². The third-order valence-electron chi connectivity index (χ3n) is 3.56. The van der Waals surface area contributed by atoms with Crippen molar-refractivity contribution < 1.29 is 23.1 Å². The average molecular weight is 261 g/mol. The Morgan fingerprint density at radius 2 is 2.28 bits per heavy atom. The van der Waals surface area contributed by atoms with E-state index in [1.54, 1.807) is 12.2 Å². The molecule has 100 valence electrons. The third-order valence-corrected chi connectivity index (χ3v) is 3.56. The molecule has 0 saturated carbocycles. The minimum atomic E-state index is -4.36. The summed E-state index contributed by atoms with van der Waals surface area (Å²) in [7, 11) is 0. The van der Waals surface area contributed by atoms with E-state index in [0.29, 0.717) is 6.42 Å². The minimum absolute atomic E-state index is 0.0774. The summed E-state index contributed by atoms with van der Waals surface area (Å²) in [6.07, 6.45) is 1.97. The van der Waals surface area contributed by atoms with Crippen molar-refractivity contribution in [1.29, 1.82) is 0 Å². The lowest BCUT2D eigenvalue weighted by Gasteiger charge is -2.36. The molecule has 0 aromatic heterocycles. The molecule has 1 aliphatic heterocycles. The van der Waals surface area contributed by atoms with Gasteiger partial charge in [0.05, 0.1) is 12.8 Å². The summed E-state index contributed by atoms with van der Waals surface area (Å²) >= 11 is 0. The van der Waals surface area contributed by atoms with Crippen molar-refractivity contribution in [2.75, 3.05) is 13.2 Å². The van der Waals surface area contributed by atoms with E-state index in [9.17, 15) is 13.2 Å². The Hall–Kier alpha value is -1.30. The van der Waals surface area contributed by atoms with Crippen molar-refractivity contribution in [3.05, 3.63) is 23.8 Å². The molecule has 1 heterocycles. The largest absolute Gasteiger partial charge is 0.411 e. The number of rotatable bonds is 2. The van der Waals surface area contributed by atoms with Crippen LogP contribution in [0.5, 0.6) is 0 Å². The van der Waals surface area contributed by atoms with Crippen molar-refractivity contribution >= 4 is 6.21 Å². The maximum absolute atomic E-state index is 13.4. The summed E-state index contributed by atoms with van der Waals surface area (Å²) in [5.74, 6) is -0.525. The van der Waals surface area contributed by atoms with E-state index in [2.05, 4.69) is 5.16 Å². The molecular weight excluding hydrogens is 247 g/mol. The van der Waals surface area contributed by atoms with Crippen LogP contribution in [0.1, 0.15) is 12.8 Å². The molecule has 18 heavy (non-hydrogen) atoms. The summed E-state index contributed by atoms with van der Waals surface area (Å²) in [4.78, 5) is 0. The fourth-order valence-corrected chi connectivity index (χ4v) is 2.56. The number of alkyl halides is 3. The van der Waals surface area contributed by atoms with Gasteiger partial charge in [-0.25, -0.2) is 0 Å². The van der Waals surface area contributed by atoms with Crippen molar-refractivity contribution in [2.24, 2.45) is 16.5 Å². The Bertz CT molecular complexity index is 393. The second-order valence-corrected chi connectivity index (χ2v) is 4.54. The topological polar surface area (TPSA) is 41.8 Å². The van der Waals surface area contributed by atoms with Crippen LogP contribution in [-0.4, -0.2) is 30.8 Å². The monoisotopic (exact) mass is 261 g/mol. The fourth-order valence-electron chi connectivity index (χ4n) is 2.56. The Balaban J connectivity index is 2.41. The van der Waals surface area contributed by atoms with Crippen molar-refractivity contribution in [3.8, 4) is 0 Å². The van der Waals surface area contributed by atoms with E-state index < -0.39 is 17.5 Å². The van der Waals surface area contributed by atoms with Gasteiger partial charge >= 0.3 is 6.18 Å². The zero-order valence-electron chi connectivity index (χ0n) is 9.65. The maximum Gasteiger partial charge on any atom is 0.400 e. The molecule has 1 saturated heterocycles. The smallest absolute Gasteiger partial charge is 0.400 e. The number of ether oxygens (including phenoxy) is 1. The summed E-state index contributed by atoms with van der Waals surface area (Å²) in [6, 6.07) is 0. The van der Waals surface area contributed by atoms with Crippen LogP contribution in [0.3, 0.4) is 0 Å². The highest BCUT2D eigenvalue weighted by Crippen LogP contribution is 2.52. The van der Waals surface area contributed by atoms with E-state index >= 15 is 0 Å². The van der Waals surface area contributed by atoms with Crippen LogP contribution in [0.4, 0.5) is 13.2 Å². The summed E-state index contributed by atoms with van der Waals surface area (Å²) < 4.78 is 45.1. The van der Waals surface area contributed by atoms with Gasteiger partial charge in [0.25, 0.3) is 0 Å². The van der Waals surface area contributed by atoms with Crippen LogP contribution in [0, 0.1) is 11.3 Å². The number of hydrogen-bond donors (Lipinski definition) is 1. The number of nitrogens with zero attached hydrogens (tertiary/aromatic N) is 1. The molecule has 2 rings (SSSR count). The Morgan fingerprint density at radius 3 is 2.83 bits per heavy atom. The molecule has 0 bridgehead atoms. The van der Waals surface area contributed by atoms with Crippen LogP contribution >= 0.6 is 0 Å². The Labute approximate surface area is 103 Å². The second-order valence-electron chi connectivity index (χ2n) is 4.54. The lowest BCUT2D eigenvalue weighted by atomic mass is 9.71. The fraction of sp³-hybridized carbons (Fsp3) is 0.583. The number of oxime groups is 1. The summed E-state index contributed by atoms with van der Waals surface area (Å²) in [6.45, 7) is -0.254. The molecular formula is C12H14F3NO2. The summed E-state index contributed by atoms with van der Waals surface area (Å²) in [5, 5.41) is 11.5. The van der Waals surface area contributed by atoms with Crippen LogP contribution in [0.25, 0.3) is 0 Å².